The molecule has 0 radical (unpaired) electrons. The summed E-state index contributed by atoms with van der Waals surface area (Å²) in [6.07, 6.45) is 0. The van der Waals surface area contributed by atoms with Gasteiger partial charge in [-0.25, -0.2) is 4.98 Å². The first-order chi connectivity index (χ1) is 8.86. The molecule has 1 atom stereocenters. The average Bonchev–Trinajstić information content (AvgIpc) is 2.32. The van der Waals surface area contributed by atoms with Crippen LogP contribution in [0, 0.1) is 0 Å². The lowest BCUT2D eigenvalue weighted by Crippen LogP contribution is -2.44. The highest BCUT2D eigenvalue weighted by Crippen LogP contribution is 2.18. The lowest BCUT2D eigenvalue weighted by molar-refractivity contribution is 0.0673. The number of nitrogens with zero attached hydrogens (tertiary/aromatic N) is 3. The number of pyridine rings is 1. The van der Waals surface area contributed by atoms with Gasteiger partial charge in [0, 0.05) is 19.1 Å². The summed E-state index contributed by atoms with van der Waals surface area (Å²) in [7, 11) is 3.95. The third kappa shape index (κ3) is 4.08. The van der Waals surface area contributed by atoms with Crippen molar-refractivity contribution in [1.82, 2.24) is 14.8 Å². The molecule has 106 valence electrons. The molecule has 1 unspecified atom stereocenters. The number of nitrogens with two attached hydrogens (primary N) is 1. The van der Waals surface area contributed by atoms with E-state index in [2.05, 4.69) is 4.98 Å². The molecule has 5 nitrogen and oxygen atoms in total. The van der Waals surface area contributed by atoms with E-state index in [4.69, 9.17) is 17.3 Å². The van der Waals surface area contributed by atoms with E-state index in [9.17, 15) is 4.79 Å². The lowest BCUT2D eigenvalue weighted by Gasteiger charge is -2.30. The molecule has 0 bridgehead atoms. The number of nitrogen functional groups attached to an aromatic ring is 1. The first-order valence-electron chi connectivity index (χ1n) is 6.24. The number of carbonyl (C=O) groups is 1. The molecule has 0 saturated heterocycles. The highest BCUT2D eigenvalue weighted by atomic mass is 35.5. The van der Waals surface area contributed by atoms with E-state index in [1.807, 2.05) is 32.8 Å². The molecule has 0 spiro atoms. The maximum atomic E-state index is 12.5. The molecule has 1 aromatic heterocycles. The summed E-state index contributed by atoms with van der Waals surface area (Å²) < 4.78 is 0. The predicted molar refractivity (Wildman–Crippen MR) is 78.4 cm³/mol. The SMILES string of the molecule is CCN(C(=O)c1nc(N)ccc1Cl)C(C)CN(C)C. The Hall–Kier alpha value is -1.33. The number of amides is 1. The van der Waals surface area contributed by atoms with Gasteiger partial charge in [0.25, 0.3) is 5.91 Å². The summed E-state index contributed by atoms with van der Waals surface area (Å²) >= 11 is 6.03. The van der Waals surface area contributed by atoms with Crippen molar-refractivity contribution in [2.75, 3.05) is 32.9 Å². The van der Waals surface area contributed by atoms with Crippen LogP contribution in [0.2, 0.25) is 5.02 Å². The third-order valence-electron chi connectivity index (χ3n) is 2.83. The Bertz CT molecular complexity index is 450. The Balaban J connectivity index is 2.98. The van der Waals surface area contributed by atoms with Crippen LogP contribution in [0.25, 0.3) is 0 Å². The molecule has 1 amide bonds. The van der Waals surface area contributed by atoms with Gasteiger partial charge >= 0.3 is 0 Å². The van der Waals surface area contributed by atoms with Crippen LogP contribution < -0.4 is 5.73 Å². The molecule has 0 aromatic carbocycles. The van der Waals surface area contributed by atoms with Gasteiger partial charge in [-0.1, -0.05) is 11.6 Å². The molecular weight excluding hydrogens is 264 g/mol. The van der Waals surface area contributed by atoms with E-state index < -0.39 is 0 Å². The van der Waals surface area contributed by atoms with E-state index in [-0.39, 0.29) is 17.6 Å². The molecule has 0 saturated carbocycles. The van der Waals surface area contributed by atoms with Crippen molar-refractivity contribution in [1.29, 1.82) is 0 Å². The first-order valence-corrected chi connectivity index (χ1v) is 6.62. The molecule has 0 aliphatic rings. The van der Waals surface area contributed by atoms with Crippen LogP contribution in [0.1, 0.15) is 24.3 Å². The van der Waals surface area contributed by atoms with Crippen LogP contribution >= 0.6 is 11.6 Å². The van der Waals surface area contributed by atoms with Gasteiger partial charge in [0.05, 0.1) is 5.02 Å². The molecule has 1 heterocycles. The Labute approximate surface area is 119 Å². The zero-order valence-electron chi connectivity index (χ0n) is 11.9. The quantitative estimate of drug-likeness (QED) is 0.894. The van der Waals surface area contributed by atoms with Crippen molar-refractivity contribution in [3.8, 4) is 0 Å². The van der Waals surface area contributed by atoms with Crippen LogP contribution in [-0.2, 0) is 0 Å². The number of hydrogen-bond acceptors (Lipinski definition) is 4. The fourth-order valence-corrected chi connectivity index (χ4v) is 2.21. The Morgan fingerprint density at radius 3 is 2.63 bits per heavy atom. The number of carbonyl (C=O) groups excluding carboxylic acids is 1. The minimum absolute atomic E-state index is 0.0757. The van der Waals surface area contributed by atoms with Crippen molar-refractivity contribution in [3.05, 3.63) is 22.8 Å². The number of likely N-dealkylation sites (N-methyl/N-ethyl adjacent to an activating group) is 2. The van der Waals surface area contributed by atoms with Gasteiger partial charge in [0.15, 0.2) is 0 Å². The second-order valence-corrected chi connectivity index (χ2v) is 5.18. The van der Waals surface area contributed by atoms with Gasteiger partial charge in [-0.15, -0.1) is 0 Å². The van der Waals surface area contributed by atoms with Crippen LogP contribution in [0.5, 0.6) is 0 Å². The average molecular weight is 285 g/mol. The summed E-state index contributed by atoms with van der Waals surface area (Å²) in [5.41, 5.74) is 5.83. The number of hydrogen-bond donors (Lipinski definition) is 1. The van der Waals surface area contributed by atoms with E-state index in [0.717, 1.165) is 6.54 Å². The van der Waals surface area contributed by atoms with E-state index in [0.29, 0.717) is 17.4 Å². The zero-order valence-corrected chi connectivity index (χ0v) is 12.6. The van der Waals surface area contributed by atoms with Crippen molar-refractivity contribution in [2.45, 2.75) is 19.9 Å². The van der Waals surface area contributed by atoms with Gasteiger partial charge < -0.3 is 15.5 Å². The maximum absolute atomic E-state index is 12.5. The molecule has 2 N–H and O–H groups in total. The molecule has 0 aliphatic carbocycles. The molecule has 0 aliphatic heterocycles. The summed E-state index contributed by atoms with van der Waals surface area (Å²) in [4.78, 5) is 20.3. The highest BCUT2D eigenvalue weighted by molar-refractivity contribution is 6.33. The van der Waals surface area contributed by atoms with Crippen LogP contribution in [-0.4, -0.2) is 53.9 Å². The Kier molecular flexibility index (Phi) is 5.57. The minimum atomic E-state index is -0.186. The van der Waals surface area contributed by atoms with Crippen molar-refractivity contribution < 1.29 is 4.79 Å². The van der Waals surface area contributed by atoms with Gasteiger partial charge in [-0.3, -0.25) is 4.79 Å². The smallest absolute Gasteiger partial charge is 0.274 e. The molecule has 19 heavy (non-hydrogen) atoms. The first kappa shape index (κ1) is 15.7. The summed E-state index contributed by atoms with van der Waals surface area (Å²) in [6.45, 7) is 5.31. The second kappa shape index (κ2) is 6.73. The molecule has 0 fully saturated rings. The standard InChI is InChI=1S/C13H21ClN4O/c1-5-18(9(2)8-17(3)4)13(19)12-10(14)6-7-11(15)16-12/h6-7,9H,5,8H2,1-4H3,(H2,15,16). The number of anilines is 1. The third-order valence-corrected chi connectivity index (χ3v) is 3.14. The molecular formula is C13H21ClN4O. The monoisotopic (exact) mass is 284 g/mol. The van der Waals surface area contributed by atoms with Crippen LogP contribution in [0.15, 0.2) is 12.1 Å². The summed E-state index contributed by atoms with van der Waals surface area (Å²) in [5.74, 6) is 0.109. The fraction of sp³-hybridized carbons (Fsp3) is 0.538. The molecule has 6 heteroatoms. The second-order valence-electron chi connectivity index (χ2n) is 4.77. The molecule has 1 aromatic rings. The van der Waals surface area contributed by atoms with Crippen LogP contribution in [0.3, 0.4) is 0 Å². The summed E-state index contributed by atoms with van der Waals surface area (Å²) in [5, 5.41) is 0.328. The lowest BCUT2D eigenvalue weighted by atomic mass is 10.2. The van der Waals surface area contributed by atoms with Crippen LogP contribution in [0.4, 0.5) is 5.82 Å². The fourth-order valence-electron chi connectivity index (χ4n) is 2.03. The Morgan fingerprint density at radius 1 is 1.47 bits per heavy atom. The largest absolute Gasteiger partial charge is 0.384 e. The minimum Gasteiger partial charge on any atom is -0.384 e. The normalized spacial score (nSPS) is 12.5. The number of halogens is 1. The van der Waals surface area contributed by atoms with Crippen molar-refractivity contribution in [3.63, 3.8) is 0 Å². The number of rotatable bonds is 5. The van der Waals surface area contributed by atoms with Crippen molar-refractivity contribution >= 4 is 23.3 Å². The van der Waals surface area contributed by atoms with Gasteiger partial charge in [-0.2, -0.15) is 0 Å². The molecule has 1 rings (SSSR count). The van der Waals surface area contributed by atoms with Gasteiger partial charge in [-0.05, 0) is 40.1 Å². The van der Waals surface area contributed by atoms with Gasteiger partial charge in [0.2, 0.25) is 0 Å². The summed E-state index contributed by atoms with van der Waals surface area (Å²) in [6, 6.07) is 3.26. The zero-order chi connectivity index (χ0) is 14.6. The maximum Gasteiger partial charge on any atom is 0.274 e. The van der Waals surface area contributed by atoms with E-state index in [1.165, 1.54) is 0 Å². The Morgan fingerprint density at radius 2 is 2.11 bits per heavy atom. The predicted octanol–water partition coefficient (Wildman–Crippen LogP) is 1.73. The van der Waals surface area contributed by atoms with E-state index in [1.54, 1.807) is 17.0 Å². The topological polar surface area (TPSA) is 62.5 Å². The van der Waals surface area contributed by atoms with Crippen molar-refractivity contribution in [2.24, 2.45) is 0 Å². The van der Waals surface area contributed by atoms with Gasteiger partial charge in [0.1, 0.15) is 11.5 Å². The number of aromatic nitrogens is 1. The highest BCUT2D eigenvalue weighted by Gasteiger charge is 2.23. The van der Waals surface area contributed by atoms with E-state index >= 15 is 0 Å².